The van der Waals surface area contributed by atoms with Crippen LogP contribution < -0.4 is 21.1 Å². The molecule has 0 fully saturated rings. The van der Waals surface area contributed by atoms with Crippen LogP contribution in [0.1, 0.15) is 58.1 Å². The summed E-state index contributed by atoms with van der Waals surface area (Å²) in [5.74, 6) is 0.358. The number of carbonyl (C=O) groups is 3. The first-order chi connectivity index (χ1) is 20.1. The Morgan fingerprint density at radius 2 is 1.98 bits per heavy atom. The number of hydrogen-bond donors (Lipinski definition) is 3. The number of nitrogens with one attached hydrogen (secondary N) is 2. The van der Waals surface area contributed by atoms with Gasteiger partial charge < -0.3 is 25.6 Å². The van der Waals surface area contributed by atoms with Gasteiger partial charge in [-0.3, -0.25) is 19.7 Å². The second-order valence-electron chi connectivity index (χ2n) is 11.6. The molecular formula is C32H44N6O4. The molecule has 2 aliphatic heterocycles. The highest BCUT2D eigenvalue weighted by Gasteiger charge is 2.30. The van der Waals surface area contributed by atoms with Crippen molar-refractivity contribution in [2.75, 3.05) is 31.6 Å². The van der Waals surface area contributed by atoms with Gasteiger partial charge in [0.05, 0.1) is 18.2 Å². The van der Waals surface area contributed by atoms with Crippen LogP contribution in [0.5, 0.6) is 5.75 Å². The van der Waals surface area contributed by atoms with E-state index in [-0.39, 0.29) is 36.2 Å². The second kappa shape index (κ2) is 14.2. The maximum Gasteiger partial charge on any atom is 0.242 e. The molecule has 4 rings (SSSR count). The lowest BCUT2D eigenvalue weighted by Gasteiger charge is -2.33. The van der Waals surface area contributed by atoms with Crippen LogP contribution in [0, 0.1) is 11.8 Å². The van der Waals surface area contributed by atoms with Crippen LogP contribution in [0.25, 0.3) is 0 Å². The van der Waals surface area contributed by atoms with Gasteiger partial charge in [-0.2, -0.15) is 0 Å². The number of para-hydroxylation sites is 1. The molecule has 2 aliphatic rings. The number of primary amides is 1. The third-order valence-corrected chi connectivity index (χ3v) is 7.62. The van der Waals surface area contributed by atoms with Gasteiger partial charge in [0.15, 0.2) is 0 Å². The third kappa shape index (κ3) is 8.02. The normalized spacial score (nSPS) is 16.5. The Morgan fingerprint density at radius 3 is 2.69 bits per heavy atom. The number of nitrogens with zero attached hydrogens (tertiary/aromatic N) is 3. The molecule has 3 amide bonds. The van der Waals surface area contributed by atoms with Gasteiger partial charge >= 0.3 is 0 Å². The van der Waals surface area contributed by atoms with Gasteiger partial charge in [-0.1, -0.05) is 45.0 Å². The van der Waals surface area contributed by atoms with Crippen molar-refractivity contribution in [3.8, 4) is 5.75 Å². The molecule has 226 valence electrons. The van der Waals surface area contributed by atoms with Crippen molar-refractivity contribution >= 4 is 35.1 Å². The quantitative estimate of drug-likeness (QED) is 0.352. The van der Waals surface area contributed by atoms with Crippen molar-refractivity contribution in [1.29, 1.82) is 0 Å². The molecule has 0 radical (unpaired) electrons. The number of amides is 3. The first-order valence-electron chi connectivity index (χ1n) is 14.9. The SMILES string of the molecule is CCCN(CC(C)C)C(=O)CN1Cc2ccc(OCCC(C(N)=O)C3CCc4ccccc4N3)cc2N=C1NC(C)=O. The smallest absolute Gasteiger partial charge is 0.242 e. The summed E-state index contributed by atoms with van der Waals surface area (Å²) in [7, 11) is 0. The molecule has 10 heteroatoms. The lowest BCUT2D eigenvalue weighted by atomic mass is 9.87. The molecule has 0 saturated heterocycles. The van der Waals surface area contributed by atoms with Crippen LogP contribution >= 0.6 is 0 Å². The van der Waals surface area contributed by atoms with E-state index in [4.69, 9.17) is 10.5 Å². The number of carbonyl (C=O) groups excluding carboxylic acids is 3. The van der Waals surface area contributed by atoms with Crippen LogP contribution in [0.3, 0.4) is 0 Å². The lowest BCUT2D eigenvalue weighted by molar-refractivity contribution is -0.132. The zero-order valence-electron chi connectivity index (χ0n) is 25.2. The Kier molecular flexibility index (Phi) is 10.4. The molecule has 2 heterocycles. The van der Waals surface area contributed by atoms with Crippen LogP contribution in [0.2, 0.25) is 0 Å². The Labute approximate surface area is 248 Å². The number of guanidine groups is 1. The fourth-order valence-corrected chi connectivity index (χ4v) is 5.63. The fourth-order valence-electron chi connectivity index (χ4n) is 5.63. The lowest BCUT2D eigenvalue weighted by Crippen LogP contribution is -2.49. The van der Waals surface area contributed by atoms with E-state index in [0.29, 0.717) is 56.0 Å². The van der Waals surface area contributed by atoms with Crippen molar-refractivity contribution in [3.63, 3.8) is 0 Å². The summed E-state index contributed by atoms with van der Waals surface area (Å²) in [5, 5.41) is 6.28. The summed E-state index contributed by atoms with van der Waals surface area (Å²) in [6.45, 7) is 9.92. The van der Waals surface area contributed by atoms with Crippen molar-refractivity contribution in [1.82, 2.24) is 15.1 Å². The molecule has 2 aromatic rings. The minimum atomic E-state index is -0.366. The van der Waals surface area contributed by atoms with Crippen molar-refractivity contribution < 1.29 is 19.1 Å². The van der Waals surface area contributed by atoms with Gasteiger partial charge in [-0.15, -0.1) is 0 Å². The minimum Gasteiger partial charge on any atom is -0.493 e. The molecule has 0 aromatic heterocycles. The standard InChI is InChI=1S/C32H44N6O4/c1-5-15-37(18-21(2)3)30(40)20-38-19-24-10-12-25(17-29(24)36-32(38)34-22(4)39)42-16-14-26(31(33)41)28-13-11-23-8-6-7-9-27(23)35-28/h6-10,12,17,21,26,28,35H,5,11,13-16,18-20H2,1-4H3,(H2,33,41)(H,34,36,39). The average Bonchev–Trinajstić information content (AvgIpc) is 2.94. The predicted octanol–water partition coefficient (Wildman–Crippen LogP) is 3.82. The second-order valence-corrected chi connectivity index (χ2v) is 11.6. The van der Waals surface area contributed by atoms with E-state index in [2.05, 4.69) is 42.5 Å². The first-order valence-corrected chi connectivity index (χ1v) is 14.9. The summed E-state index contributed by atoms with van der Waals surface area (Å²) >= 11 is 0. The Hall–Kier alpha value is -4.08. The van der Waals surface area contributed by atoms with E-state index in [1.165, 1.54) is 12.5 Å². The molecule has 0 aliphatic carbocycles. The van der Waals surface area contributed by atoms with Gasteiger partial charge in [0, 0.05) is 44.4 Å². The number of fused-ring (bicyclic) bond motifs is 2. The monoisotopic (exact) mass is 576 g/mol. The van der Waals surface area contributed by atoms with Crippen molar-refractivity contribution in [3.05, 3.63) is 53.6 Å². The highest BCUT2D eigenvalue weighted by Crippen LogP contribution is 2.31. The Morgan fingerprint density at radius 1 is 1.19 bits per heavy atom. The molecular weight excluding hydrogens is 532 g/mol. The van der Waals surface area contributed by atoms with E-state index in [9.17, 15) is 14.4 Å². The number of anilines is 1. The highest BCUT2D eigenvalue weighted by atomic mass is 16.5. The van der Waals surface area contributed by atoms with Crippen molar-refractivity contribution in [2.24, 2.45) is 22.6 Å². The summed E-state index contributed by atoms with van der Waals surface area (Å²) in [6.07, 6.45) is 3.08. The largest absolute Gasteiger partial charge is 0.493 e. The van der Waals surface area contributed by atoms with Crippen LogP contribution in [0.4, 0.5) is 11.4 Å². The number of aryl methyl sites for hydroxylation is 1. The van der Waals surface area contributed by atoms with Gasteiger partial charge in [-0.05, 0) is 54.9 Å². The van der Waals surface area contributed by atoms with Crippen molar-refractivity contribution in [2.45, 2.75) is 66.0 Å². The van der Waals surface area contributed by atoms with E-state index in [1.54, 1.807) is 0 Å². The third-order valence-electron chi connectivity index (χ3n) is 7.62. The molecule has 10 nitrogen and oxygen atoms in total. The number of benzene rings is 2. The Balaban J connectivity index is 1.41. The molecule has 0 saturated carbocycles. The number of rotatable bonds is 12. The number of aliphatic imine (C=N–C) groups is 1. The highest BCUT2D eigenvalue weighted by molar-refractivity contribution is 5.99. The van der Waals surface area contributed by atoms with E-state index < -0.39 is 0 Å². The number of nitrogens with two attached hydrogens (primary N) is 1. The van der Waals surface area contributed by atoms with Gasteiger partial charge in [-0.25, -0.2) is 4.99 Å². The summed E-state index contributed by atoms with van der Waals surface area (Å²) in [6, 6.07) is 13.7. The molecule has 0 bridgehead atoms. The molecule has 42 heavy (non-hydrogen) atoms. The number of hydrogen-bond acceptors (Lipinski definition) is 7. The minimum absolute atomic E-state index is 0.00644. The molecule has 2 atom stereocenters. The zero-order valence-corrected chi connectivity index (χ0v) is 25.2. The van der Waals surface area contributed by atoms with Crippen LogP contribution in [-0.2, 0) is 27.3 Å². The molecule has 0 spiro atoms. The average molecular weight is 577 g/mol. The topological polar surface area (TPSA) is 129 Å². The Bertz CT molecular complexity index is 1310. The van der Waals surface area contributed by atoms with Gasteiger partial charge in [0.1, 0.15) is 12.3 Å². The van der Waals surface area contributed by atoms with Crippen LogP contribution in [-0.4, -0.2) is 65.8 Å². The number of ether oxygens (including phenoxy) is 1. The summed E-state index contributed by atoms with van der Waals surface area (Å²) in [5.41, 5.74) is 9.70. The van der Waals surface area contributed by atoms with Gasteiger partial charge in [0.25, 0.3) is 0 Å². The van der Waals surface area contributed by atoms with Crippen LogP contribution in [0.15, 0.2) is 47.5 Å². The maximum atomic E-state index is 13.2. The van der Waals surface area contributed by atoms with E-state index >= 15 is 0 Å². The maximum absolute atomic E-state index is 13.2. The molecule has 2 aromatic carbocycles. The first kappa shape index (κ1) is 30.9. The predicted molar refractivity (Wildman–Crippen MR) is 164 cm³/mol. The van der Waals surface area contributed by atoms with Gasteiger partial charge in [0.2, 0.25) is 23.7 Å². The van der Waals surface area contributed by atoms with E-state index in [0.717, 1.165) is 30.5 Å². The fraction of sp³-hybridized carbons (Fsp3) is 0.500. The molecule has 4 N–H and O–H groups in total. The summed E-state index contributed by atoms with van der Waals surface area (Å²) in [4.78, 5) is 45.9. The zero-order chi connectivity index (χ0) is 30.2. The molecule has 2 unspecified atom stereocenters. The summed E-state index contributed by atoms with van der Waals surface area (Å²) < 4.78 is 6.05. The van der Waals surface area contributed by atoms with E-state index in [1.807, 2.05) is 46.2 Å².